The van der Waals surface area contributed by atoms with Crippen molar-refractivity contribution in [3.63, 3.8) is 0 Å². The number of carbonyl (C=O) groups excluding carboxylic acids is 2. The van der Waals surface area contributed by atoms with E-state index in [1.165, 1.54) is 7.11 Å². The predicted molar refractivity (Wildman–Crippen MR) is 82.0 cm³/mol. The maximum atomic E-state index is 12.8. The van der Waals surface area contributed by atoms with Gasteiger partial charge in [-0.1, -0.05) is 36.9 Å². The molecule has 0 saturated carbocycles. The quantitative estimate of drug-likeness (QED) is 0.694. The fourth-order valence-corrected chi connectivity index (χ4v) is 2.60. The summed E-state index contributed by atoms with van der Waals surface area (Å²) in [5, 5.41) is 0. The first kappa shape index (κ1) is 14.1. The normalized spacial score (nSPS) is 12.4. The lowest BCUT2D eigenvalue weighted by atomic mass is 9.83. The van der Waals surface area contributed by atoms with E-state index < -0.39 is 0 Å². The molecule has 22 heavy (non-hydrogen) atoms. The largest absolute Gasteiger partial charge is 0.496 e. The topological polar surface area (TPSA) is 52.6 Å². The minimum absolute atomic E-state index is 0.230. The lowest BCUT2D eigenvalue weighted by molar-refractivity contribution is 0.0973. The van der Waals surface area contributed by atoms with Crippen LogP contribution in [-0.4, -0.2) is 25.3 Å². The first-order chi connectivity index (χ1) is 10.7. The van der Waals surface area contributed by atoms with Crippen LogP contribution in [0.3, 0.4) is 0 Å². The molecule has 0 N–H and O–H groups in total. The molecule has 0 aromatic heterocycles. The van der Waals surface area contributed by atoms with Gasteiger partial charge in [0.25, 0.3) is 0 Å². The lowest BCUT2D eigenvalue weighted by Crippen LogP contribution is -2.22. The smallest absolute Gasteiger partial charge is 0.198 e. The van der Waals surface area contributed by atoms with Gasteiger partial charge in [-0.25, -0.2) is 0 Å². The van der Waals surface area contributed by atoms with Crippen LogP contribution in [0.15, 0.2) is 49.1 Å². The molecule has 0 fully saturated rings. The maximum absolute atomic E-state index is 12.8. The second-order valence-electron chi connectivity index (χ2n) is 4.82. The van der Waals surface area contributed by atoms with Gasteiger partial charge in [0, 0.05) is 11.1 Å². The third-order valence-corrected chi connectivity index (χ3v) is 3.58. The van der Waals surface area contributed by atoms with Gasteiger partial charge >= 0.3 is 0 Å². The number of ether oxygens (including phenoxy) is 2. The summed E-state index contributed by atoms with van der Waals surface area (Å²) in [6.07, 6.45) is 1.58. The zero-order chi connectivity index (χ0) is 15.7. The molecule has 0 atom stereocenters. The third-order valence-electron chi connectivity index (χ3n) is 3.58. The van der Waals surface area contributed by atoms with Crippen LogP contribution < -0.4 is 9.47 Å². The molecular formula is C18H14O4. The second-order valence-corrected chi connectivity index (χ2v) is 4.82. The number of rotatable bonds is 4. The van der Waals surface area contributed by atoms with Gasteiger partial charge in [0.1, 0.15) is 18.1 Å². The Hall–Kier alpha value is -2.88. The van der Waals surface area contributed by atoms with Gasteiger partial charge in [-0.3, -0.25) is 9.59 Å². The zero-order valence-electron chi connectivity index (χ0n) is 12.1. The summed E-state index contributed by atoms with van der Waals surface area (Å²) in [6.45, 7) is 3.84. The van der Waals surface area contributed by atoms with Crippen molar-refractivity contribution in [1.29, 1.82) is 0 Å². The van der Waals surface area contributed by atoms with Crippen molar-refractivity contribution in [2.45, 2.75) is 0 Å². The van der Waals surface area contributed by atoms with Gasteiger partial charge < -0.3 is 9.47 Å². The van der Waals surface area contributed by atoms with Crippen molar-refractivity contribution >= 4 is 11.6 Å². The molecule has 0 aliphatic heterocycles. The average molecular weight is 294 g/mol. The molecule has 3 rings (SSSR count). The molecule has 1 aliphatic carbocycles. The van der Waals surface area contributed by atoms with Crippen LogP contribution in [0.25, 0.3) is 0 Å². The molecule has 0 unspecified atom stereocenters. The second kappa shape index (κ2) is 5.48. The lowest BCUT2D eigenvalue weighted by Gasteiger charge is -2.21. The SMILES string of the molecule is C=CCOc1ccc(OC)c2c1C(=O)c1ccccc1C2=O. The van der Waals surface area contributed by atoms with Crippen molar-refractivity contribution in [2.24, 2.45) is 0 Å². The molecule has 0 radical (unpaired) electrons. The van der Waals surface area contributed by atoms with E-state index in [1.54, 1.807) is 42.5 Å². The minimum atomic E-state index is -0.233. The Labute approximate surface area is 128 Å². The molecule has 0 amide bonds. The van der Waals surface area contributed by atoms with Crippen molar-refractivity contribution in [1.82, 2.24) is 0 Å². The summed E-state index contributed by atoms with van der Waals surface area (Å²) in [6, 6.07) is 10.0. The fraction of sp³-hybridized carbons (Fsp3) is 0.111. The highest BCUT2D eigenvalue weighted by molar-refractivity contribution is 6.30. The van der Waals surface area contributed by atoms with Gasteiger partial charge in [0.15, 0.2) is 11.6 Å². The monoisotopic (exact) mass is 294 g/mol. The third kappa shape index (κ3) is 2.00. The molecule has 1 aliphatic rings. The first-order valence-electron chi connectivity index (χ1n) is 6.82. The Bertz CT molecular complexity index is 790. The van der Waals surface area contributed by atoms with Gasteiger partial charge in [-0.2, -0.15) is 0 Å². The van der Waals surface area contributed by atoms with Crippen LogP contribution in [0.1, 0.15) is 31.8 Å². The highest BCUT2D eigenvalue weighted by Crippen LogP contribution is 2.38. The average Bonchev–Trinajstić information content (AvgIpc) is 2.57. The number of carbonyl (C=O) groups is 2. The molecule has 0 spiro atoms. The van der Waals surface area contributed by atoms with Crippen molar-refractivity contribution in [3.05, 3.63) is 71.3 Å². The number of hydrogen-bond donors (Lipinski definition) is 0. The number of ketones is 2. The molecule has 4 heteroatoms. The fourth-order valence-electron chi connectivity index (χ4n) is 2.60. The highest BCUT2D eigenvalue weighted by Gasteiger charge is 2.34. The number of hydrogen-bond acceptors (Lipinski definition) is 4. The van der Waals surface area contributed by atoms with Crippen LogP contribution in [0.5, 0.6) is 11.5 Å². The number of fused-ring (bicyclic) bond motifs is 2. The van der Waals surface area contributed by atoms with E-state index in [0.717, 1.165) is 0 Å². The Morgan fingerprint density at radius 3 is 2.05 bits per heavy atom. The van der Waals surface area contributed by atoms with Gasteiger partial charge in [-0.15, -0.1) is 0 Å². The number of benzene rings is 2. The molecule has 0 heterocycles. The molecule has 2 aromatic rings. The summed E-state index contributed by atoms with van der Waals surface area (Å²) < 4.78 is 10.8. The highest BCUT2D eigenvalue weighted by atomic mass is 16.5. The molecule has 0 saturated heterocycles. The van der Waals surface area contributed by atoms with E-state index >= 15 is 0 Å². The van der Waals surface area contributed by atoms with Gasteiger partial charge in [-0.05, 0) is 12.1 Å². The van der Waals surface area contributed by atoms with Crippen molar-refractivity contribution in [2.75, 3.05) is 13.7 Å². The molecule has 110 valence electrons. The van der Waals surface area contributed by atoms with E-state index in [1.807, 2.05) is 0 Å². The van der Waals surface area contributed by atoms with Crippen molar-refractivity contribution in [3.8, 4) is 11.5 Å². The zero-order valence-corrected chi connectivity index (χ0v) is 12.1. The Balaban J connectivity index is 2.27. The van der Waals surface area contributed by atoms with E-state index in [4.69, 9.17) is 9.47 Å². The Morgan fingerprint density at radius 2 is 1.50 bits per heavy atom. The van der Waals surface area contributed by atoms with Crippen LogP contribution in [0, 0.1) is 0 Å². The van der Waals surface area contributed by atoms with E-state index in [2.05, 4.69) is 6.58 Å². The minimum Gasteiger partial charge on any atom is -0.496 e. The van der Waals surface area contributed by atoms with Crippen LogP contribution in [0.2, 0.25) is 0 Å². The molecule has 4 nitrogen and oxygen atoms in total. The number of methoxy groups -OCH3 is 1. The summed E-state index contributed by atoms with van der Waals surface area (Å²) in [7, 11) is 1.47. The van der Waals surface area contributed by atoms with Crippen LogP contribution >= 0.6 is 0 Å². The Kier molecular flexibility index (Phi) is 3.51. The van der Waals surface area contributed by atoms with E-state index in [0.29, 0.717) is 22.6 Å². The summed E-state index contributed by atoms with van der Waals surface area (Å²) in [4.78, 5) is 25.5. The Morgan fingerprint density at radius 1 is 0.955 bits per heavy atom. The first-order valence-corrected chi connectivity index (χ1v) is 6.82. The van der Waals surface area contributed by atoms with Crippen LogP contribution in [0.4, 0.5) is 0 Å². The summed E-state index contributed by atoms with van der Waals surface area (Å²) in [5.74, 6) is 0.270. The maximum Gasteiger partial charge on any atom is 0.198 e. The predicted octanol–water partition coefficient (Wildman–Crippen LogP) is 3.04. The van der Waals surface area contributed by atoms with Gasteiger partial charge in [0.05, 0.1) is 18.2 Å². The van der Waals surface area contributed by atoms with Crippen LogP contribution in [-0.2, 0) is 0 Å². The molecule has 2 aromatic carbocycles. The van der Waals surface area contributed by atoms with E-state index in [-0.39, 0.29) is 29.3 Å². The molecule has 0 bridgehead atoms. The van der Waals surface area contributed by atoms with Crippen molar-refractivity contribution < 1.29 is 19.1 Å². The van der Waals surface area contributed by atoms with E-state index in [9.17, 15) is 9.59 Å². The molecular weight excluding hydrogens is 280 g/mol. The summed E-state index contributed by atoms with van der Waals surface area (Å²) in [5.41, 5.74) is 1.29. The summed E-state index contributed by atoms with van der Waals surface area (Å²) >= 11 is 0. The van der Waals surface area contributed by atoms with Gasteiger partial charge in [0.2, 0.25) is 0 Å². The standard InChI is InChI=1S/C18H14O4/c1-3-10-22-14-9-8-13(21-2)15-16(14)18(20)12-7-5-4-6-11(12)17(15)19/h3-9H,1,10H2,2H3.